The number of carbonyl (C=O) groups is 1. The van der Waals surface area contributed by atoms with E-state index in [4.69, 9.17) is 0 Å². The zero-order chi connectivity index (χ0) is 12.4. The maximum Gasteiger partial charge on any atom is 0.223 e. The monoisotopic (exact) mass is 229 g/mol. The minimum atomic E-state index is 0. The van der Waals surface area contributed by atoms with E-state index in [9.17, 15) is 4.79 Å². The second-order valence-electron chi connectivity index (χ2n) is 4.68. The van der Waals surface area contributed by atoms with Crippen LogP contribution in [-0.2, 0) is 4.79 Å². The van der Waals surface area contributed by atoms with E-state index in [-0.39, 0.29) is 7.33 Å². The van der Waals surface area contributed by atoms with E-state index in [2.05, 4.69) is 26.1 Å². The van der Waals surface area contributed by atoms with Crippen molar-refractivity contribution in [1.29, 1.82) is 0 Å². The molecule has 1 saturated carbocycles. The molecule has 0 saturated heterocycles. The normalized spacial score (nSPS) is 23.5. The quantitative estimate of drug-likeness (QED) is 0.775. The molecule has 1 aliphatic rings. The van der Waals surface area contributed by atoms with Crippen LogP contribution >= 0.6 is 0 Å². The van der Waals surface area contributed by atoms with Gasteiger partial charge in [-0.3, -0.25) is 4.79 Å². The number of hydrogen-bond donors (Lipinski definition) is 1. The van der Waals surface area contributed by atoms with Crippen LogP contribution in [0.5, 0.6) is 0 Å². The fourth-order valence-corrected chi connectivity index (χ4v) is 2.00. The van der Waals surface area contributed by atoms with Crippen molar-refractivity contribution in [1.82, 2.24) is 5.32 Å². The Hall–Kier alpha value is -0.530. The molecule has 0 spiro atoms. The Bertz CT molecular complexity index is 183. The van der Waals surface area contributed by atoms with Gasteiger partial charge in [-0.2, -0.15) is 0 Å². The molecule has 16 heavy (non-hydrogen) atoms. The van der Waals surface area contributed by atoms with Crippen molar-refractivity contribution < 1.29 is 6.22 Å². The van der Waals surface area contributed by atoms with Crippen molar-refractivity contribution in [2.45, 2.75) is 66.2 Å². The minimum absolute atomic E-state index is 0. The third-order valence-corrected chi connectivity index (χ3v) is 3.34. The maximum absolute atomic E-state index is 11.4. The van der Waals surface area contributed by atoms with Crippen LogP contribution in [0.1, 0.15) is 67.6 Å². The average Bonchev–Trinajstić information content (AvgIpc) is 2.78. The molecular weight excluding hydrogens is 198 g/mol. The van der Waals surface area contributed by atoms with Gasteiger partial charge in [0.25, 0.3) is 0 Å². The smallest absolute Gasteiger partial charge is 0.223 e. The van der Waals surface area contributed by atoms with Crippen molar-refractivity contribution in [3.05, 3.63) is 0 Å². The molecule has 2 unspecified atom stereocenters. The summed E-state index contributed by atoms with van der Waals surface area (Å²) in [7, 11) is 0. The van der Waals surface area contributed by atoms with Crippen molar-refractivity contribution in [2.24, 2.45) is 11.8 Å². The lowest BCUT2D eigenvalue weighted by molar-refractivity contribution is -0.124. The number of amides is 1. The van der Waals surface area contributed by atoms with E-state index in [1.165, 1.54) is 25.7 Å². The standard InChI is InChI=1S/C10H19NO.C4H10.H2/c1-3-8-5-6-9(7-8)10(12)11-4-2;1-3-4-2;/h8-9H,3-7H2,1-2H3,(H,11,12);3-4H2,1-2H3;1H. The Kier molecular flexibility index (Phi) is 9.36. The van der Waals surface area contributed by atoms with Gasteiger partial charge >= 0.3 is 0 Å². The summed E-state index contributed by atoms with van der Waals surface area (Å²) >= 11 is 0. The highest BCUT2D eigenvalue weighted by molar-refractivity contribution is 5.78. The van der Waals surface area contributed by atoms with Gasteiger partial charge in [-0.25, -0.2) is 0 Å². The molecule has 2 atom stereocenters. The molecule has 1 N–H and O–H groups in total. The molecule has 0 aromatic carbocycles. The van der Waals surface area contributed by atoms with Crippen molar-refractivity contribution >= 4 is 5.91 Å². The number of nitrogens with one attached hydrogen (secondary N) is 1. The van der Waals surface area contributed by atoms with Gasteiger partial charge in [0.15, 0.2) is 0 Å². The van der Waals surface area contributed by atoms with Crippen LogP contribution < -0.4 is 5.32 Å². The first-order valence-corrected chi connectivity index (χ1v) is 6.97. The Labute approximate surface area is 103 Å². The molecular formula is C14H31NO. The molecule has 0 radical (unpaired) electrons. The van der Waals surface area contributed by atoms with Crippen LogP contribution in [0.25, 0.3) is 0 Å². The van der Waals surface area contributed by atoms with Crippen LogP contribution in [0, 0.1) is 11.8 Å². The van der Waals surface area contributed by atoms with Crippen LogP contribution in [0.2, 0.25) is 0 Å². The molecule has 1 aliphatic carbocycles. The van der Waals surface area contributed by atoms with Crippen LogP contribution in [0.4, 0.5) is 0 Å². The van der Waals surface area contributed by atoms with Crippen molar-refractivity contribution in [2.75, 3.05) is 6.54 Å². The molecule has 0 aromatic rings. The fraction of sp³-hybridized carbons (Fsp3) is 0.929. The summed E-state index contributed by atoms with van der Waals surface area (Å²) in [5.41, 5.74) is 0. The summed E-state index contributed by atoms with van der Waals surface area (Å²) < 4.78 is 0. The summed E-state index contributed by atoms with van der Waals surface area (Å²) in [5, 5.41) is 2.89. The summed E-state index contributed by atoms with van der Waals surface area (Å²) in [6, 6.07) is 0. The number of hydrogen-bond acceptors (Lipinski definition) is 1. The predicted octanol–water partition coefficient (Wildman–Crippen LogP) is 4.00. The highest BCUT2D eigenvalue weighted by Gasteiger charge is 2.28. The molecule has 2 nitrogen and oxygen atoms in total. The SMILES string of the molecule is CCCC.CCNC(=O)C1CCC(CC)C1.[HH]. The lowest BCUT2D eigenvalue weighted by Crippen LogP contribution is -2.29. The lowest BCUT2D eigenvalue weighted by Gasteiger charge is -2.09. The van der Waals surface area contributed by atoms with Gasteiger partial charge in [0, 0.05) is 13.9 Å². The molecule has 2 heteroatoms. The van der Waals surface area contributed by atoms with Gasteiger partial charge in [-0.1, -0.05) is 40.0 Å². The third kappa shape index (κ3) is 6.14. The zero-order valence-corrected chi connectivity index (χ0v) is 11.5. The largest absolute Gasteiger partial charge is 0.356 e. The third-order valence-electron chi connectivity index (χ3n) is 3.34. The van der Waals surface area contributed by atoms with Crippen molar-refractivity contribution in [3.63, 3.8) is 0 Å². The first kappa shape index (κ1) is 15.5. The maximum atomic E-state index is 11.4. The minimum Gasteiger partial charge on any atom is -0.356 e. The van der Waals surface area contributed by atoms with Crippen LogP contribution in [-0.4, -0.2) is 12.5 Å². The number of unbranched alkanes of at least 4 members (excludes halogenated alkanes) is 1. The zero-order valence-electron chi connectivity index (χ0n) is 11.5. The Morgan fingerprint density at radius 1 is 1.19 bits per heavy atom. The van der Waals surface area contributed by atoms with E-state index in [1.807, 2.05) is 6.92 Å². The van der Waals surface area contributed by atoms with Gasteiger partial charge in [0.2, 0.25) is 5.91 Å². The molecule has 1 amide bonds. The van der Waals surface area contributed by atoms with E-state index >= 15 is 0 Å². The number of rotatable bonds is 4. The summed E-state index contributed by atoms with van der Waals surface area (Å²) in [5.74, 6) is 1.39. The van der Waals surface area contributed by atoms with E-state index in [1.54, 1.807) is 0 Å². The molecule has 0 bridgehead atoms. The van der Waals surface area contributed by atoms with E-state index in [0.717, 1.165) is 25.3 Å². The van der Waals surface area contributed by atoms with E-state index in [0.29, 0.717) is 5.92 Å². The lowest BCUT2D eigenvalue weighted by atomic mass is 10.0. The van der Waals surface area contributed by atoms with Crippen LogP contribution in [0.15, 0.2) is 0 Å². The molecule has 1 fully saturated rings. The Balaban J connectivity index is 0. The molecule has 98 valence electrons. The number of carbonyl (C=O) groups excluding carboxylic acids is 1. The molecule has 1 rings (SSSR count). The first-order chi connectivity index (χ1) is 7.69. The van der Waals surface area contributed by atoms with Crippen LogP contribution in [0.3, 0.4) is 0 Å². The van der Waals surface area contributed by atoms with Gasteiger partial charge in [-0.15, -0.1) is 0 Å². The fourth-order valence-electron chi connectivity index (χ4n) is 2.00. The van der Waals surface area contributed by atoms with Gasteiger partial charge < -0.3 is 5.32 Å². The van der Waals surface area contributed by atoms with Gasteiger partial charge in [0.1, 0.15) is 0 Å². The second kappa shape index (κ2) is 9.68. The van der Waals surface area contributed by atoms with Gasteiger partial charge in [-0.05, 0) is 32.1 Å². The summed E-state index contributed by atoms with van der Waals surface area (Å²) in [6.07, 6.45) is 7.33. The molecule has 0 aromatic heterocycles. The highest BCUT2D eigenvalue weighted by atomic mass is 16.1. The molecule has 0 aliphatic heterocycles. The highest BCUT2D eigenvalue weighted by Crippen LogP contribution is 2.32. The predicted molar refractivity (Wildman–Crippen MR) is 72.5 cm³/mol. The average molecular weight is 229 g/mol. The molecule has 0 heterocycles. The Morgan fingerprint density at radius 3 is 2.19 bits per heavy atom. The van der Waals surface area contributed by atoms with Gasteiger partial charge in [0.05, 0.1) is 0 Å². The van der Waals surface area contributed by atoms with E-state index < -0.39 is 0 Å². The summed E-state index contributed by atoms with van der Waals surface area (Å²) in [6.45, 7) is 9.32. The topological polar surface area (TPSA) is 29.1 Å². The van der Waals surface area contributed by atoms with Crippen molar-refractivity contribution in [3.8, 4) is 0 Å². The Morgan fingerprint density at radius 2 is 1.81 bits per heavy atom. The second-order valence-corrected chi connectivity index (χ2v) is 4.68. The first-order valence-electron chi connectivity index (χ1n) is 6.97. The summed E-state index contributed by atoms with van der Waals surface area (Å²) in [4.78, 5) is 11.4.